The van der Waals surface area contributed by atoms with Crippen LogP contribution >= 0.6 is 23.2 Å². The summed E-state index contributed by atoms with van der Waals surface area (Å²) < 4.78 is 15.4. The zero-order valence-corrected chi connectivity index (χ0v) is 20.2. The number of rotatable bonds is 9. The van der Waals surface area contributed by atoms with Gasteiger partial charge in [-0.05, 0) is 36.4 Å². The number of anilines is 1. The molecule has 186 valence electrons. The number of ether oxygens (including phenoxy) is 3. The molecule has 9 nitrogen and oxygen atoms in total. The number of benzene rings is 3. The molecule has 0 aliphatic carbocycles. The Hall–Kier alpha value is -4.08. The molecule has 0 bridgehead atoms. The van der Waals surface area contributed by atoms with E-state index in [0.29, 0.717) is 5.75 Å². The minimum atomic E-state index is -2.23. The standard InChI is InChI=1S/C25H19Cl2NO8/c1-34-15-8-6-7-14(13-15)28-22(29)20(35-24(32)16-9-2-4-11-18(16)26)21(23(30)31)36-25(33)17-10-3-5-12-19(17)27/h2-13,20-21H,1H3,(H,28,29)(H,30,31)/t20-,21-/m0/s1. The second-order valence-corrected chi connectivity index (χ2v) is 7.99. The molecule has 36 heavy (non-hydrogen) atoms. The highest BCUT2D eigenvalue weighted by Crippen LogP contribution is 2.22. The second-order valence-electron chi connectivity index (χ2n) is 7.17. The van der Waals surface area contributed by atoms with Gasteiger partial charge in [-0.3, -0.25) is 4.79 Å². The number of hydrogen-bond donors (Lipinski definition) is 2. The van der Waals surface area contributed by atoms with Crippen LogP contribution in [0.15, 0.2) is 72.8 Å². The lowest BCUT2D eigenvalue weighted by atomic mass is 10.1. The number of aliphatic carboxylic acids is 1. The predicted molar refractivity (Wildman–Crippen MR) is 131 cm³/mol. The summed E-state index contributed by atoms with van der Waals surface area (Å²) in [5.74, 6) is -4.67. The predicted octanol–water partition coefficient (Wildman–Crippen LogP) is 4.48. The summed E-state index contributed by atoms with van der Waals surface area (Å²) in [6, 6.07) is 17.7. The molecule has 2 atom stereocenters. The van der Waals surface area contributed by atoms with Gasteiger partial charge in [-0.2, -0.15) is 0 Å². The Bertz CT molecular complexity index is 1300. The highest BCUT2D eigenvalue weighted by atomic mass is 35.5. The molecule has 3 aromatic rings. The van der Waals surface area contributed by atoms with E-state index in [9.17, 15) is 24.3 Å². The van der Waals surface area contributed by atoms with Crippen molar-refractivity contribution in [3.05, 3.63) is 94.0 Å². The number of carbonyl (C=O) groups excluding carboxylic acids is 3. The molecule has 0 saturated carbocycles. The summed E-state index contributed by atoms with van der Waals surface area (Å²) >= 11 is 12.0. The number of amides is 1. The molecule has 0 radical (unpaired) electrons. The van der Waals surface area contributed by atoms with Crippen molar-refractivity contribution in [3.8, 4) is 5.75 Å². The normalized spacial score (nSPS) is 12.1. The van der Waals surface area contributed by atoms with Crippen LogP contribution in [-0.2, 0) is 19.1 Å². The maximum atomic E-state index is 13.2. The number of carboxylic acids is 1. The van der Waals surface area contributed by atoms with Crippen molar-refractivity contribution >= 4 is 52.7 Å². The molecule has 0 spiro atoms. The molecule has 0 saturated heterocycles. The molecule has 0 heterocycles. The average Bonchev–Trinajstić information content (AvgIpc) is 2.86. The van der Waals surface area contributed by atoms with Gasteiger partial charge < -0.3 is 24.6 Å². The van der Waals surface area contributed by atoms with Crippen molar-refractivity contribution in [2.24, 2.45) is 0 Å². The van der Waals surface area contributed by atoms with Crippen LogP contribution in [0.2, 0.25) is 10.0 Å². The minimum absolute atomic E-state index is 0.00270. The van der Waals surface area contributed by atoms with Crippen molar-refractivity contribution < 1.29 is 38.5 Å². The van der Waals surface area contributed by atoms with E-state index in [-0.39, 0.29) is 26.9 Å². The Kier molecular flexibility index (Phi) is 8.88. The topological polar surface area (TPSA) is 128 Å². The Balaban J connectivity index is 1.95. The Morgan fingerprint density at radius 2 is 1.31 bits per heavy atom. The van der Waals surface area contributed by atoms with Gasteiger partial charge in [0.15, 0.2) is 0 Å². The number of carbonyl (C=O) groups is 4. The third-order valence-corrected chi connectivity index (χ3v) is 5.43. The maximum absolute atomic E-state index is 13.2. The number of halogens is 2. The van der Waals surface area contributed by atoms with E-state index in [0.717, 1.165) is 0 Å². The first kappa shape index (κ1) is 26.5. The fourth-order valence-corrected chi connectivity index (χ4v) is 3.45. The van der Waals surface area contributed by atoms with E-state index < -0.39 is 36.0 Å². The third-order valence-electron chi connectivity index (χ3n) is 4.77. The van der Waals surface area contributed by atoms with Gasteiger partial charge in [0.25, 0.3) is 5.91 Å². The smallest absolute Gasteiger partial charge is 0.349 e. The molecule has 0 aromatic heterocycles. The van der Waals surface area contributed by atoms with Gasteiger partial charge in [0.2, 0.25) is 12.2 Å². The van der Waals surface area contributed by atoms with Crippen LogP contribution in [0.4, 0.5) is 5.69 Å². The molecule has 3 aromatic carbocycles. The number of carboxylic acid groups (broad SMARTS) is 1. The number of nitrogens with one attached hydrogen (secondary N) is 1. The molecular weight excluding hydrogens is 513 g/mol. The number of methoxy groups -OCH3 is 1. The SMILES string of the molecule is COc1cccc(NC(=O)[C@@H](OC(=O)c2ccccc2Cl)[C@H](OC(=O)c2ccccc2Cl)C(=O)O)c1. The summed E-state index contributed by atoms with van der Waals surface area (Å²) in [4.78, 5) is 50.7. The third kappa shape index (κ3) is 6.53. The maximum Gasteiger partial charge on any atom is 0.349 e. The van der Waals surface area contributed by atoms with Gasteiger partial charge in [-0.1, -0.05) is 53.5 Å². The highest BCUT2D eigenvalue weighted by molar-refractivity contribution is 6.34. The zero-order valence-electron chi connectivity index (χ0n) is 18.6. The lowest BCUT2D eigenvalue weighted by Gasteiger charge is -2.24. The van der Waals surface area contributed by atoms with Gasteiger partial charge >= 0.3 is 17.9 Å². The van der Waals surface area contributed by atoms with Crippen molar-refractivity contribution in [2.45, 2.75) is 12.2 Å². The molecule has 2 N–H and O–H groups in total. The van der Waals surface area contributed by atoms with Gasteiger partial charge in [0, 0.05) is 11.8 Å². The van der Waals surface area contributed by atoms with Gasteiger partial charge in [0.05, 0.1) is 28.3 Å². The van der Waals surface area contributed by atoms with E-state index >= 15 is 0 Å². The summed E-state index contributed by atoms with van der Waals surface area (Å²) in [7, 11) is 1.42. The van der Waals surface area contributed by atoms with E-state index in [2.05, 4.69) is 5.32 Å². The van der Waals surface area contributed by atoms with Crippen molar-refractivity contribution in [2.75, 3.05) is 12.4 Å². The molecule has 3 rings (SSSR count). The Morgan fingerprint density at radius 3 is 1.81 bits per heavy atom. The first-order chi connectivity index (χ1) is 17.2. The summed E-state index contributed by atoms with van der Waals surface area (Å²) in [6.45, 7) is 0. The van der Waals surface area contributed by atoms with Crippen molar-refractivity contribution in [1.29, 1.82) is 0 Å². The largest absolute Gasteiger partial charge is 0.497 e. The van der Waals surface area contributed by atoms with E-state index in [4.69, 9.17) is 37.4 Å². The number of esters is 2. The van der Waals surface area contributed by atoms with E-state index in [1.807, 2.05) is 0 Å². The average molecular weight is 532 g/mol. The Morgan fingerprint density at radius 1 is 0.778 bits per heavy atom. The molecule has 0 aliphatic rings. The molecule has 0 fully saturated rings. The lowest BCUT2D eigenvalue weighted by molar-refractivity contribution is -0.157. The quantitative estimate of drug-likeness (QED) is 0.387. The van der Waals surface area contributed by atoms with Crippen LogP contribution < -0.4 is 10.1 Å². The van der Waals surface area contributed by atoms with Crippen LogP contribution in [0.5, 0.6) is 5.75 Å². The fraction of sp³-hybridized carbons (Fsp3) is 0.120. The lowest BCUT2D eigenvalue weighted by Crippen LogP contribution is -2.48. The molecule has 0 unspecified atom stereocenters. The van der Waals surface area contributed by atoms with Crippen molar-refractivity contribution in [1.82, 2.24) is 0 Å². The monoisotopic (exact) mass is 531 g/mol. The van der Waals surface area contributed by atoms with Crippen LogP contribution in [0.25, 0.3) is 0 Å². The van der Waals surface area contributed by atoms with Crippen LogP contribution in [0.3, 0.4) is 0 Å². The summed E-state index contributed by atoms with van der Waals surface area (Å²) in [5, 5.41) is 12.3. The van der Waals surface area contributed by atoms with Crippen LogP contribution in [0.1, 0.15) is 20.7 Å². The number of hydrogen-bond acceptors (Lipinski definition) is 7. The highest BCUT2D eigenvalue weighted by Gasteiger charge is 2.41. The van der Waals surface area contributed by atoms with E-state index in [1.54, 1.807) is 24.3 Å². The Labute approximate surface area is 215 Å². The summed E-state index contributed by atoms with van der Waals surface area (Å²) in [6.07, 6.45) is -4.34. The molecular formula is C25H19Cl2NO8. The van der Waals surface area contributed by atoms with Gasteiger partial charge in [-0.15, -0.1) is 0 Å². The van der Waals surface area contributed by atoms with Crippen LogP contribution in [-0.4, -0.2) is 48.2 Å². The first-order valence-corrected chi connectivity index (χ1v) is 11.1. The van der Waals surface area contributed by atoms with Crippen molar-refractivity contribution in [3.63, 3.8) is 0 Å². The van der Waals surface area contributed by atoms with Crippen LogP contribution in [0, 0.1) is 0 Å². The van der Waals surface area contributed by atoms with Gasteiger partial charge in [0.1, 0.15) is 5.75 Å². The zero-order chi connectivity index (χ0) is 26.2. The molecule has 11 heteroatoms. The second kappa shape index (κ2) is 12.1. The minimum Gasteiger partial charge on any atom is -0.497 e. The fourth-order valence-electron chi connectivity index (χ4n) is 3.02. The molecule has 0 aliphatic heterocycles. The van der Waals surface area contributed by atoms with E-state index in [1.165, 1.54) is 55.6 Å². The van der Waals surface area contributed by atoms with Gasteiger partial charge in [-0.25, -0.2) is 14.4 Å². The summed E-state index contributed by atoms with van der Waals surface area (Å²) in [5.41, 5.74) is -0.0607. The first-order valence-electron chi connectivity index (χ1n) is 10.3. The molecule has 1 amide bonds.